The Balaban J connectivity index is 0.00000149. The number of rotatable bonds is 19. The summed E-state index contributed by atoms with van der Waals surface area (Å²) in [5.41, 5.74) is 8.51. The Morgan fingerprint density at radius 3 is 2.01 bits per heavy atom. The Labute approximate surface area is 415 Å². The number of carbonyl (C=O) groups is 7. The molecule has 72 heavy (non-hydrogen) atoms. The Kier molecular flexibility index (Phi) is 21.6. The van der Waals surface area contributed by atoms with Crippen molar-refractivity contribution in [2.75, 3.05) is 20.1 Å². The fourth-order valence-electron chi connectivity index (χ4n) is 7.93. The predicted octanol–water partition coefficient (Wildman–Crippen LogP) is 4.09. The monoisotopic (exact) mass is 1000 g/mol. The van der Waals surface area contributed by atoms with Crippen LogP contribution < -0.4 is 32.1 Å². The van der Waals surface area contributed by atoms with Gasteiger partial charge in [-0.3, -0.25) is 24.0 Å². The topological polar surface area (TPSA) is 282 Å². The molecular formula is C52H63F3N6O11. The molecule has 4 aromatic carbocycles. The van der Waals surface area contributed by atoms with Crippen LogP contribution >= 0.6 is 0 Å². The fourth-order valence-corrected chi connectivity index (χ4v) is 7.93. The number of nitrogens with one attached hydrogen (secondary N) is 4. The molecule has 388 valence electrons. The number of aromatic hydroxyl groups is 2. The van der Waals surface area contributed by atoms with E-state index in [-0.39, 0.29) is 59.9 Å². The number of hydrogen-bond acceptors (Lipinski definition) is 10. The first-order valence-corrected chi connectivity index (χ1v) is 23.7. The van der Waals surface area contributed by atoms with Gasteiger partial charge in [0.1, 0.15) is 41.6 Å². The van der Waals surface area contributed by atoms with Crippen LogP contribution in [0.3, 0.4) is 0 Å². The lowest BCUT2D eigenvalue weighted by Gasteiger charge is -2.32. The van der Waals surface area contributed by atoms with Crippen LogP contribution in [-0.2, 0) is 41.6 Å². The highest BCUT2D eigenvalue weighted by atomic mass is 19.4. The number of phenols is 2. The molecule has 0 aromatic heterocycles. The van der Waals surface area contributed by atoms with E-state index in [2.05, 4.69) is 58.2 Å². The van der Waals surface area contributed by atoms with Gasteiger partial charge in [-0.1, -0.05) is 81.1 Å². The number of likely N-dealkylation sites (N-methyl/N-ethyl adjacent to an activating group) is 1. The Morgan fingerprint density at radius 2 is 1.42 bits per heavy atom. The van der Waals surface area contributed by atoms with Gasteiger partial charge in [-0.2, -0.15) is 13.2 Å². The maximum atomic E-state index is 14.4. The maximum absolute atomic E-state index is 14.4. The van der Waals surface area contributed by atoms with Crippen LogP contribution in [0.5, 0.6) is 11.5 Å². The van der Waals surface area contributed by atoms with E-state index in [9.17, 15) is 57.3 Å². The molecule has 0 aliphatic carbocycles. The Bertz CT molecular complexity index is 2520. The molecule has 0 spiro atoms. The highest BCUT2D eigenvalue weighted by Crippen LogP contribution is 2.39. The summed E-state index contributed by atoms with van der Waals surface area (Å²) >= 11 is 0. The van der Waals surface area contributed by atoms with Crippen LogP contribution in [0.2, 0.25) is 0 Å². The number of carboxylic acids is 2. The second kappa shape index (κ2) is 27.2. The number of aryl methyl sites for hydroxylation is 1. The summed E-state index contributed by atoms with van der Waals surface area (Å²) in [6.07, 6.45) is 3.11. The van der Waals surface area contributed by atoms with Crippen molar-refractivity contribution >= 4 is 41.5 Å². The quantitative estimate of drug-likeness (QED) is 0.0620. The lowest BCUT2D eigenvalue weighted by atomic mass is 9.93. The number of amides is 5. The number of nitrogens with zero attached hydrogens (tertiary/aromatic N) is 1. The summed E-state index contributed by atoms with van der Waals surface area (Å²) in [5, 5.41) is 51.2. The number of carboxylic acid groups (broad SMARTS) is 2. The molecule has 4 bridgehead atoms. The second-order valence-electron chi connectivity index (χ2n) is 17.5. The molecule has 0 fully saturated rings. The summed E-state index contributed by atoms with van der Waals surface area (Å²) in [5.74, 6) is -7.93. The second-order valence-corrected chi connectivity index (χ2v) is 17.5. The molecule has 10 N–H and O–H groups in total. The largest absolute Gasteiger partial charge is 0.542 e. The number of aliphatic carboxylic acids is 2. The molecule has 17 nitrogen and oxygen atoms in total. The number of quaternary nitrogens is 1. The fraction of sp³-hybridized carbons (Fsp3) is 0.404. The number of alkyl halides is 3. The summed E-state index contributed by atoms with van der Waals surface area (Å²) in [6, 6.07) is 19.1. The van der Waals surface area contributed by atoms with Gasteiger partial charge in [-0.25, -0.2) is 4.79 Å². The number of phenolic OH excluding ortho intramolecular Hbond substituents is 2. The summed E-state index contributed by atoms with van der Waals surface area (Å²) in [7, 11) is 1.38. The van der Waals surface area contributed by atoms with Crippen molar-refractivity contribution in [3.63, 3.8) is 0 Å². The van der Waals surface area contributed by atoms with Crippen LogP contribution in [-0.4, -0.2) is 106 Å². The van der Waals surface area contributed by atoms with Crippen molar-refractivity contribution < 1.29 is 72.9 Å². The first-order chi connectivity index (χ1) is 34.1. The van der Waals surface area contributed by atoms with Gasteiger partial charge in [0, 0.05) is 43.1 Å². The minimum Gasteiger partial charge on any atom is -0.542 e. The first kappa shape index (κ1) is 57.1. The standard InChI is InChI=1S/C50H62N6O9.C2HF3O2/c1-4-5-6-7-8-11-32-13-16-34(17-14-32)35-18-20-36(21-19-35)47(61)52-27-25-44(59)54-40(12-9-10-26-51)49(63)56(3)45-37-22-24-43(58)39(30-37)38-28-33(15-23-42(38)57)29-41(50(64)65)55-46(60)31(2)53-48(45)62;3-2(4,5)1(6)7/h13-24,28,30-31,40-41,45,57-58H,4-12,25-27,29,51H2,1-3H3,(H,52,61)(H,53,62)(H,54,59)(H,55,60)(H,64,65);(H,6,7)/t31-,40-,41-,45-;/m0./s1. The van der Waals surface area contributed by atoms with Crippen LogP contribution in [0.15, 0.2) is 84.9 Å². The van der Waals surface area contributed by atoms with Crippen molar-refractivity contribution in [1.82, 2.24) is 26.2 Å². The van der Waals surface area contributed by atoms with E-state index >= 15 is 0 Å². The Hall–Kier alpha value is -7.48. The van der Waals surface area contributed by atoms with Crippen LogP contribution in [0.1, 0.15) is 105 Å². The lowest BCUT2D eigenvalue weighted by Crippen LogP contribution is -2.55. The third kappa shape index (κ3) is 16.8. The number of carbonyl (C=O) groups excluding carboxylic acids is 6. The predicted molar refractivity (Wildman–Crippen MR) is 257 cm³/mol. The zero-order valence-corrected chi connectivity index (χ0v) is 40.5. The van der Waals surface area contributed by atoms with E-state index < -0.39 is 65.9 Å². The molecular weight excluding hydrogens is 942 g/mol. The normalized spacial score (nSPS) is 16.1. The average molecular weight is 1010 g/mol. The molecule has 0 saturated carbocycles. The molecule has 0 saturated heterocycles. The summed E-state index contributed by atoms with van der Waals surface area (Å²) in [6.45, 7) is 4.16. The zero-order chi connectivity index (χ0) is 53.1. The van der Waals surface area contributed by atoms with E-state index in [1.807, 2.05) is 12.1 Å². The summed E-state index contributed by atoms with van der Waals surface area (Å²) in [4.78, 5) is 90.4. The average Bonchev–Trinajstić information content (AvgIpc) is 3.34. The molecule has 4 atom stereocenters. The first-order valence-electron chi connectivity index (χ1n) is 23.7. The zero-order valence-electron chi connectivity index (χ0n) is 40.5. The van der Waals surface area contributed by atoms with Gasteiger partial charge < -0.3 is 57.1 Å². The smallest absolute Gasteiger partial charge is 0.430 e. The highest BCUT2D eigenvalue weighted by Gasteiger charge is 2.36. The maximum Gasteiger partial charge on any atom is 0.430 e. The van der Waals surface area contributed by atoms with E-state index in [1.54, 1.807) is 12.1 Å². The third-order valence-electron chi connectivity index (χ3n) is 12.0. The number of hydrogen-bond donors (Lipinski definition) is 8. The minimum absolute atomic E-state index is 0.0139. The number of unbranched alkanes of at least 4 members (excludes halogenated alkanes) is 5. The summed E-state index contributed by atoms with van der Waals surface area (Å²) < 4.78 is 31.5. The van der Waals surface area contributed by atoms with Crippen LogP contribution in [0.25, 0.3) is 22.3 Å². The van der Waals surface area contributed by atoms with Gasteiger partial charge in [0.2, 0.25) is 23.6 Å². The molecule has 4 aromatic rings. The van der Waals surface area contributed by atoms with Crippen molar-refractivity contribution in [1.29, 1.82) is 0 Å². The third-order valence-corrected chi connectivity index (χ3v) is 12.0. The van der Waals surface area contributed by atoms with Gasteiger partial charge in [-0.15, -0.1) is 0 Å². The molecule has 0 unspecified atom stereocenters. The Morgan fingerprint density at radius 1 is 0.819 bits per heavy atom. The van der Waals surface area contributed by atoms with E-state index in [0.29, 0.717) is 30.5 Å². The SMILES string of the molecule is CCCCCCCc1ccc(-c2ccc(C(=O)NCCC(=O)N[C@@H](CCCC[NH3+])C(=O)N(C)[C@@H]3C(=O)N[C@@H](C)C(=O)N[C@H](C(=O)O)Cc4ccc(O)c(c4)-c4cc3ccc4O)cc2)cc1.O=C([O-])C(F)(F)F. The van der Waals surface area contributed by atoms with Crippen molar-refractivity contribution in [2.24, 2.45) is 0 Å². The molecule has 1 heterocycles. The molecule has 1 aliphatic rings. The lowest BCUT2D eigenvalue weighted by molar-refractivity contribution is -0.368. The van der Waals surface area contributed by atoms with Gasteiger partial charge >= 0.3 is 12.1 Å². The molecule has 20 heteroatoms. The highest BCUT2D eigenvalue weighted by molar-refractivity contribution is 5.97. The van der Waals surface area contributed by atoms with Crippen LogP contribution in [0, 0.1) is 0 Å². The van der Waals surface area contributed by atoms with E-state index in [0.717, 1.165) is 22.4 Å². The van der Waals surface area contributed by atoms with Crippen molar-refractivity contribution in [3.05, 3.63) is 107 Å². The minimum atomic E-state index is -5.19. The molecule has 0 radical (unpaired) electrons. The molecule has 5 amide bonds. The van der Waals surface area contributed by atoms with Crippen molar-refractivity contribution in [3.8, 4) is 33.8 Å². The number of fused-ring (bicyclic) bond motifs is 5. The van der Waals surface area contributed by atoms with Crippen LogP contribution in [0.4, 0.5) is 13.2 Å². The van der Waals surface area contributed by atoms with Gasteiger partial charge in [0.15, 0.2) is 0 Å². The van der Waals surface area contributed by atoms with Gasteiger partial charge in [-0.05, 0) is 103 Å². The van der Waals surface area contributed by atoms with E-state index in [1.165, 1.54) is 88.0 Å². The molecule has 5 rings (SSSR count). The number of benzene rings is 4. The molecule has 1 aliphatic heterocycles. The number of halogens is 3. The van der Waals surface area contributed by atoms with Gasteiger partial charge in [0.05, 0.1) is 6.54 Å². The van der Waals surface area contributed by atoms with Crippen molar-refractivity contribution in [2.45, 2.75) is 115 Å². The van der Waals surface area contributed by atoms with E-state index in [4.69, 9.17) is 9.90 Å². The van der Waals surface area contributed by atoms with Gasteiger partial charge in [0.25, 0.3) is 5.91 Å².